The molecule has 0 aromatic carbocycles. The fraction of sp³-hybridized carbons (Fsp3) is 0.333. The zero-order valence-corrected chi connectivity index (χ0v) is 10.7. The lowest BCUT2D eigenvalue weighted by Crippen LogP contribution is -2.31. The first kappa shape index (κ1) is 13.0. The van der Waals surface area contributed by atoms with Gasteiger partial charge in [-0.2, -0.15) is 0 Å². The van der Waals surface area contributed by atoms with Crippen molar-refractivity contribution in [3.8, 4) is 0 Å². The Hall–Kier alpha value is -2.44. The zero-order chi connectivity index (χ0) is 13.8. The van der Waals surface area contributed by atoms with Crippen LogP contribution in [-0.4, -0.2) is 27.2 Å². The molecule has 1 amide bonds. The molecule has 0 fully saturated rings. The van der Waals surface area contributed by atoms with Crippen LogP contribution >= 0.6 is 0 Å². The van der Waals surface area contributed by atoms with Gasteiger partial charge in [0.25, 0.3) is 11.5 Å². The summed E-state index contributed by atoms with van der Waals surface area (Å²) in [7, 11) is 0. The van der Waals surface area contributed by atoms with E-state index in [1.807, 2.05) is 0 Å². The summed E-state index contributed by atoms with van der Waals surface area (Å²) in [6.07, 6.45) is 2.87. The lowest BCUT2D eigenvalue weighted by molar-refractivity contribution is 0.0915. The van der Waals surface area contributed by atoms with E-state index in [4.69, 9.17) is 4.52 Å². The molecule has 0 saturated carbocycles. The van der Waals surface area contributed by atoms with Crippen LogP contribution in [0.25, 0.3) is 0 Å². The van der Waals surface area contributed by atoms with Crippen LogP contribution in [0.1, 0.15) is 21.8 Å². The Morgan fingerprint density at radius 1 is 1.47 bits per heavy atom. The molecule has 0 bridgehead atoms. The van der Waals surface area contributed by atoms with E-state index in [0.717, 1.165) is 0 Å². The fourth-order valence-corrected chi connectivity index (χ4v) is 1.54. The highest BCUT2D eigenvalue weighted by Gasteiger charge is 2.09. The molecule has 0 aliphatic rings. The summed E-state index contributed by atoms with van der Waals surface area (Å²) < 4.78 is 6.18. The monoisotopic (exact) mass is 262 g/mol. The van der Waals surface area contributed by atoms with Crippen LogP contribution in [-0.2, 0) is 6.54 Å². The Labute approximate surface area is 109 Å². The van der Waals surface area contributed by atoms with Crippen molar-refractivity contribution >= 4 is 5.91 Å². The van der Waals surface area contributed by atoms with Gasteiger partial charge in [0, 0.05) is 30.4 Å². The molecule has 100 valence electrons. The maximum absolute atomic E-state index is 11.9. The van der Waals surface area contributed by atoms with Gasteiger partial charge in [0.15, 0.2) is 0 Å². The molecular formula is C12H14N4O3. The molecule has 19 heavy (non-hydrogen) atoms. The number of hydrogen-bond acceptors (Lipinski definition) is 5. The second kappa shape index (κ2) is 5.47. The SMILES string of the molecule is Cc1ncn(CCNC(=O)c2ccno2)c(=O)c1C. The molecule has 7 heteroatoms. The lowest BCUT2D eigenvalue weighted by Gasteiger charge is -2.07. The van der Waals surface area contributed by atoms with Gasteiger partial charge in [-0.05, 0) is 13.8 Å². The Bertz CT molecular complexity index is 631. The van der Waals surface area contributed by atoms with E-state index in [1.165, 1.54) is 23.2 Å². The standard InChI is InChI=1S/C12H14N4O3/c1-8-9(2)14-7-16(12(8)18)6-5-13-11(17)10-3-4-15-19-10/h3-4,7H,5-6H2,1-2H3,(H,13,17). The van der Waals surface area contributed by atoms with E-state index in [2.05, 4.69) is 15.5 Å². The number of aryl methyl sites for hydroxylation is 1. The Balaban J connectivity index is 1.95. The summed E-state index contributed by atoms with van der Waals surface area (Å²) in [5.74, 6) is -0.215. The molecule has 1 N–H and O–H groups in total. The van der Waals surface area contributed by atoms with Gasteiger partial charge >= 0.3 is 0 Å². The van der Waals surface area contributed by atoms with Crippen molar-refractivity contribution < 1.29 is 9.32 Å². The van der Waals surface area contributed by atoms with Gasteiger partial charge in [0.1, 0.15) is 0 Å². The van der Waals surface area contributed by atoms with Crippen molar-refractivity contribution in [2.45, 2.75) is 20.4 Å². The van der Waals surface area contributed by atoms with Crippen LogP contribution in [0.5, 0.6) is 0 Å². The van der Waals surface area contributed by atoms with Gasteiger partial charge in [0.05, 0.1) is 12.5 Å². The summed E-state index contributed by atoms with van der Waals surface area (Å²) in [5.41, 5.74) is 1.23. The minimum absolute atomic E-state index is 0.0959. The number of aromatic nitrogens is 3. The highest BCUT2D eigenvalue weighted by atomic mass is 16.5. The summed E-state index contributed by atoms with van der Waals surface area (Å²) in [4.78, 5) is 27.5. The van der Waals surface area contributed by atoms with E-state index >= 15 is 0 Å². The van der Waals surface area contributed by atoms with E-state index in [-0.39, 0.29) is 17.2 Å². The van der Waals surface area contributed by atoms with Gasteiger partial charge in [-0.25, -0.2) is 4.98 Å². The predicted molar refractivity (Wildman–Crippen MR) is 66.8 cm³/mol. The number of hydrogen-bond donors (Lipinski definition) is 1. The molecule has 0 saturated heterocycles. The number of nitrogens with one attached hydrogen (secondary N) is 1. The van der Waals surface area contributed by atoms with Crippen LogP contribution in [0.3, 0.4) is 0 Å². The Morgan fingerprint density at radius 3 is 2.95 bits per heavy atom. The normalized spacial score (nSPS) is 10.4. The van der Waals surface area contributed by atoms with Crippen molar-refractivity contribution in [2.75, 3.05) is 6.54 Å². The number of carbonyl (C=O) groups is 1. The third kappa shape index (κ3) is 2.87. The molecule has 0 radical (unpaired) electrons. The predicted octanol–water partition coefficient (Wildman–Crippen LogP) is 0.278. The molecule has 0 aliphatic carbocycles. The molecule has 2 aromatic heterocycles. The third-order valence-electron chi connectivity index (χ3n) is 2.82. The largest absolute Gasteiger partial charge is 0.351 e. The molecule has 2 aromatic rings. The Kier molecular flexibility index (Phi) is 3.74. The van der Waals surface area contributed by atoms with Gasteiger partial charge in [-0.1, -0.05) is 5.16 Å². The quantitative estimate of drug-likeness (QED) is 0.854. The fourth-order valence-electron chi connectivity index (χ4n) is 1.54. The van der Waals surface area contributed by atoms with Gasteiger partial charge in [-0.15, -0.1) is 0 Å². The van der Waals surface area contributed by atoms with Crippen LogP contribution in [0.4, 0.5) is 0 Å². The van der Waals surface area contributed by atoms with Crippen LogP contribution in [0, 0.1) is 13.8 Å². The summed E-state index contributed by atoms with van der Waals surface area (Å²) in [6, 6.07) is 1.47. The molecule has 0 aliphatic heterocycles. The average molecular weight is 262 g/mol. The number of rotatable bonds is 4. The first-order valence-corrected chi connectivity index (χ1v) is 5.81. The highest BCUT2D eigenvalue weighted by molar-refractivity contribution is 5.91. The summed E-state index contributed by atoms with van der Waals surface area (Å²) >= 11 is 0. The van der Waals surface area contributed by atoms with Crippen molar-refractivity contribution in [1.29, 1.82) is 0 Å². The van der Waals surface area contributed by atoms with E-state index < -0.39 is 0 Å². The second-order valence-electron chi connectivity index (χ2n) is 4.09. The maximum atomic E-state index is 11.9. The maximum Gasteiger partial charge on any atom is 0.289 e. The van der Waals surface area contributed by atoms with Crippen molar-refractivity contribution in [3.63, 3.8) is 0 Å². The molecule has 0 spiro atoms. The lowest BCUT2D eigenvalue weighted by atomic mass is 10.3. The smallest absolute Gasteiger partial charge is 0.289 e. The first-order chi connectivity index (χ1) is 9.09. The number of carbonyl (C=O) groups excluding carboxylic acids is 1. The van der Waals surface area contributed by atoms with E-state index in [1.54, 1.807) is 13.8 Å². The van der Waals surface area contributed by atoms with Gasteiger partial charge in [0.2, 0.25) is 5.76 Å². The second-order valence-corrected chi connectivity index (χ2v) is 4.09. The number of amides is 1. The third-order valence-corrected chi connectivity index (χ3v) is 2.82. The van der Waals surface area contributed by atoms with Gasteiger partial charge < -0.3 is 9.84 Å². The van der Waals surface area contributed by atoms with Crippen molar-refractivity contribution in [3.05, 3.63) is 46.0 Å². The first-order valence-electron chi connectivity index (χ1n) is 5.81. The van der Waals surface area contributed by atoms with E-state index in [0.29, 0.717) is 24.3 Å². The van der Waals surface area contributed by atoms with E-state index in [9.17, 15) is 9.59 Å². The molecule has 0 unspecified atom stereocenters. The summed E-state index contributed by atoms with van der Waals surface area (Å²) in [5, 5.41) is 6.08. The molecule has 2 heterocycles. The topological polar surface area (TPSA) is 90.0 Å². The minimum Gasteiger partial charge on any atom is -0.351 e. The Morgan fingerprint density at radius 2 is 2.26 bits per heavy atom. The zero-order valence-electron chi connectivity index (χ0n) is 10.7. The minimum atomic E-state index is -0.359. The average Bonchev–Trinajstić information content (AvgIpc) is 2.92. The molecular weight excluding hydrogens is 248 g/mol. The molecule has 7 nitrogen and oxygen atoms in total. The van der Waals surface area contributed by atoms with Crippen LogP contribution in [0.15, 0.2) is 27.9 Å². The van der Waals surface area contributed by atoms with Crippen molar-refractivity contribution in [2.24, 2.45) is 0 Å². The van der Waals surface area contributed by atoms with Crippen LogP contribution in [0.2, 0.25) is 0 Å². The van der Waals surface area contributed by atoms with Crippen molar-refractivity contribution in [1.82, 2.24) is 20.0 Å². The molecule has 0 atom stereocenters. The van der Waals surface area contributed by atoms with Crippen LogP contribution < -0.4 is 10.9 Å². The molecule has 2 rings (SSSR count). The summed E-state index contributed by atoms with van der Waals surface area (Å²) in [6.45, 7) is 4.18. The number of nitrogens with zero attached hydrogens (tertiary/aromatic N) is 3. The van der Waals surface area contributed by atoms with Gasteiger partial charge in [-0.3, -0.25) is 14.2 Å². The highest BCUT2D eigenvalue weighted by Crippen LogP contribution is 1.96.